The van der Waals surface area contributed by atoms with Crippen LogP contribution in [0.3, 0.4) is 0 Å². The number of methoxy groups -OCH3 is 1. The molecular weight excluding hydrogens is 236 g/mol. The van der Waals surface area contributed by atoms with Crippen molar-refractivity contribution >= 4 is 11.4 Å². The van der Waals surface area contributed by atoms with Crippen LogP contribution in [-0.4, -0.2) is 13.2 Å². The first-order valence-corrected chi connectivity index (χ1v) is 6.43. The van der Waals surface area contributed by atoms with Crippen molar-refractivity contribution in [3.8, 4) is 5.75 Å². The Balaban J connectivity index is 2.01. The summed E-state index contributed by atoms with van der Waals surface area (Å²) >= 11 is 0. The van der Waals surface area contributed by atoms with Crippen LogP contribution < -0.4 is 15.8 Å². The summed E-state index contributed by atoms with van der Waals surface area (Å²) in [6, 6.07) is 16.5. The lowest BCUT2D eigenvalue weighted by molar-refractivity contribution is 0.417. The molecule has 0 aliphatic heterocycles. The van der Waals surface area contributed by atoms with Crippen molar-refractivity contribution in [3.63, 3.8) is 0 Å². The summed E-state index contributed by atoms with van der Waals surface area (Å²) in [4.78, 5) is 0. The van der Waals surface area contributed by atoms with Crippen LogP contribution in [0.5, 0.6) is 5.75 Å². The molecule has 100 valence electrons. The Labute approximate surface area is 114 Å². The minimum atomic E-state index is 0.343. The molecule has 0 bridgehead atoms. The second-order valence-corrected chi connectivity index (χ2v) is 4.69. The summed E-state index contributed by atoms with van der Waals surface area (Å²) < 4.78 is 5.22. The van der Waals surface area contributed by atoms with E-state index in [0.717, 1.165) is 12.1 Å². The van der Waals surface area contributed by atoms with Gasteiger partial charge in [0.1, 0.15) is 5.75 Å². The van der Waals surface area contributed by atoms with Gasteiger partial charge in [0.15, 0.2) is 0 Å². The first kappa shape index (κ1) is 13.3. The predicted octanol–water partition coefficient (Wildman–Crippen LogP) is 3.32. The minimum absolute atomic E-state index is 0.343. The molecule has 0 saturated heterocycles. The summed E-state index contributed by atoms with van der Waals surface area (Å²) in [7, 11) is 1.63. The van der Waals surface area contributed by atoms with E-state index in [9.17, 15) is 0 Å². The average Bonchev–Trinajstić information content (AvgIpc) is 2.42. The Hall–Kier alpha value is -2.16. The Morgan fingerprint density at radius 1 is 1.16 bits per heavy atom. The van der Waals surface area contributed by atoms with Gasteiger partial charge in [-0.05, 0) is 31.0 Å². The highest BCUT2D eigenvalue weighted by Crippen LogP contribution is 2.25. The number of hydrogen-bond acceptors (Lipinski definition) is 3. The maximum Gasteiger partial charge on any atom is 0.143 e. The van der Waals surface area contributed by atoms with Gasteiger partial charge in [-0.25, -0.2) is 0 Å². The molecule has 0 saturated carbocycles. The third-order valence-electron chi connectivity index (χ3n) is 3.03. The van der Waals surface area contributed by atoms with Crippen molar-refractivity contribution in [2.24, 2.45) is 0 Å². The highest BCUT2D eigenvalue weighted by molar-refractivity contribution is 5.61. The van der Waals surface area contributed by atoms with Crippen LogP contribution >= 0.6 is 0 Å². The second kappa shape index (κ2) is 6.14. The lowest BCUT2D eigenvalue weighted by Crippen LogP contribution is -2.18. The Kier molecular flexibility index (Phi) is 4.29. The molecule has 2 rings (SSSR count). The van der Waals surface area contributed by atoms with Gasteiger partial charge in [-0.15, -0.1) is 0 Å². The minimum Gasteiger partial charge on any atom is -0.495 e. The van der Waals surface area contributed by atoms with Crippen molar-refractivity contribution in [2.45, 2.75) is 19.4 Å². The fraction of sp³-hybridized carbons (Fsp3) is 0.250. The first-order valence-electron chi connectivity index (χ1n) is 6.43. The topological polar surface area (TPSA) is 47.3 Å². The number of nitrogens with one attached hydrogen (secondary N) is 1. The van der Waals surface area contributed by atoms with Crippen LogP contribution in [0.1, 0.15) is 12.5 Å². The van der Waals surface area contributed by atoms with E-state index in [4.69, 9.17) is 10.5 Å². The van der Waals surface area contributed by atoms with Crippen LogP contribution in [0.4, 0.5) is 11.4 Å². The van der Waals surface area contributed by atoms with Crippen LogP contribution in [-0.2, 0) is 6.42 Å². The van der Waals surface area contributed by atoms with Crippen molar-refractivity contribution in [1.29, 1.82) is 0 Å². The quantitative estimate of drug-likeness (QED) is 0.807. The third-order valence-corrected chi connectivity index (χ3v) is 3.03. The SMILES string of the molecule is COc1cc(NC(C)Cc2ccccc2)ccc1N. The monoisotopic (exact) mass is 256 g/mol. The summed E-state index contributed by atoms with van der Waals surface area (Å²) in [5, 5.41) is 3.46. The molecule has 1 atom stereocenters. The number of rotatable bonds is 5. The van der Waals surface area contributed by atoms with E-state index in [-0.39, 0.29) is 0 Å². The van der Waals surface area contributed by atoms with Crippen molar-refractivity contribution in [1.82, 2.24) is 0 Å². The van der Waals surface area contributed by atoms with Crippen molar-refractivity contribution < 1.29 is 4.74 Å². The second-order valence-electron chi connectivity index (χ2n) is 4.69. The van der Waals surface area contributed by atoms with E-state index in [1.54, 1.807) is 7.11 Å². The fourth-order valence-electron chi connectivity index (χ4n) is 2.10. The zero-order valence-corrected chi connectivity index (χ0v) is 11.4. The predicted molar refractivity (Wildman–Crippen MR) is 80.6 cm³/mol. The van der Waals surface area contributed by atoms with Crippen LogP contribution in [0.15, 0.2) is 48.5 Å². The molecule has 2 aromatic rings. The molecule has 19 heavy (non-hydrogen) atoms. The van der Waals surface area contributed by atoms with Gasteiger partial charge >= 0.3 is 0 Å². The zero-order chi connectivity index (χ0) is 13.7. The number of nitrogens with two attached hydrogens (primary N) is 1. The summed E-state index contributed by atoms with van der Waals surface area (Å²) in [6.07, 6.45) is 0.980. The molecule has 3 heteroatoms. The molecule has 0 amide bonds. The molecule has 0 spiro atoms. The molecule has 0 heterocycles. The van der Waals surface area contributed by atoms with Crippen LogP contribution in [0.25, 0.3) is 0 Å². The normalized spacial score (nSPS) is 11.9. The molecule has 3 N–H and O–H groups in total. The van der Waals surface area contributed by atoms with Crippen LogP contribution in [0, 0.1) is 0 Å². The van der Waals surface area contributed by atoms with Gasteiger partial charge in [-0.2, -0.15) is 0 Å². The number of ether oxygens (including phenoxy) is 1. The van der Waals surface area contributed by atoms with E-state index in [0.29, 0.717) is 17.5 Å². The highest BCUT2D eigenvalue weighted by atomic mass is 16.5. The number of hydrogen-bond donors (Lipinski definition) is 2. The van der Waals surface area contributed by atoms with E-state index >= 15 is 0 Å². The summed E-state index contributed by atoms with van der Waals surface area (Å²) in [5.41, 5.74) is 8.80. The highest BCUT2D eigenvalue weighted by Gasteiger charge is 2.05. The lowest BCUT2D eigenvalue weighted by atomic mass is 10.1. The van der Waals surface area contributed by atoms with E-state index in [1.165, 1.54) is 5.56 Å². The number of anilines is 2. The summed E-state index contributed by atoms with van der Waals surface area (Å²) in [6.45, 7) is 2.16. The van der Waals surface area contributed by atoms with Crippen molar-refractivity contribution in [3.05, 3.63) is 54.1 Å². The Morgan fingerprint density at radius 2 is 1.89 bits per heavy atom. The maximum atomic E-state index is 5.80. The number of nitrogen functional groups attached to an aromatic ring is 1. The summed E-state index contributed by atoms with van der Waals surface area (Å²) in [5.74, 6) is 0.705. The molecule has 0 aliphatic rings. The van der Waals surface area contributed by atoms with E-state index in [1.807, 2.05) is 24.3 Å². The zero-order valence-electron chi connectivity index (χ0n) is 11.4. The molecule has 0 aliphatic carbocycles. The van der Waals surface area contributed by atoms with Gasteiger partial charge in [-0.1, -0.05) is 30.3 Å². The molecule has 3 nitrogen and oxygen atoms in total. The Morgan fingerprint density at radius 3 is 2.58 bits per heavy atom. The molecule has 0 radical (unpaired) electrons. The fourth-order valence-corrected chi connectivity index (χ4v) is 2.10. The first-order chi connectivity index (χ1) is 9.19. The molecule has 0 aromatic heterocycles. The maximum absolute atomic E-state index is 5.80. The molecule has 2 aromatic carbocycles. The van der Waals surface area contributed by atoms with Gasteiger partial charge in [0.25, 0.3) is 0 Å². The third kappa shape index (κ3) is 3.65. The van der Waals surface area contributed by atoms with Gasteiger partial charge in [0, 0.05) is 17.8 Å². The smallest absolute Gasteiger partial charge is 0.143 e. The standard InChI is InChI=1S/C16H20N2O/c1-12(10-13-6-4-3-5-7-13)18-14-8-9-15(17)16(11-14)19-2/h3-9,11-12,18H,10,17H2,1-2H3. The largest absolute Gasteiger partial charge is 0.495 e. The van der Waals surface area contributed by atoms with E-state index in [2.05, 4.69) is 36.5 Å². The van der Waals surface area contributed by atoms with Crippen LogP contribution in [0.2, 0.25) is 0 Å². The average molecular weight is 256 g/mol. The number of benzene rings is 2. The van der Waals surface area contributed by atoms with Gasteiger partial charge in [0.05, 0.1) is 12.8 Å². The molecule has 0 fully saturated rings. The Bertz CT molecular complexity index is 526. The van der Waals surface area contributed by atoms with E-state index < -0.39 is 0 Å². The lowest BCUT2D eigenvalue weighted by Gasteiger charge is -2.16. The van der Waals surface area contributed by atoms with Gasteiger partial charge in [0.2, 0.25) is 0 Å². The van der Waals surface area contributed by atoms with Crippen molar-refractivity contribution in [2.75, 3.05) is 18.2 Å². The van der Waals surface area contributed by atoms with Gasteiger partial charge < -0.3 is 15.8 Å². The van der Waals surface area contributed by atoms with Gasteiger partial charge in [-0.3, -0.25) is 0 Å². The molecule has 1 unspecified atom stereocenters. The molecular formula is C16H20N2O.